The van der Waals surface area contributed by atoms with E-state index in [0.29, 0.717) is 6.07 Å². The third kappa shape index (κ3) is 1.73. The minimum Gasteiger partial charge on any atom is -0.453 e. The van der Waals surface area contributed by atoms with Crippen LogP contribution in [0.3, 0.4) is 0 Å². The van der Waals surface area contributed by atoms with E-state index >= 15 is 0 Å². The average Bonchev–Trinajstić information content (AvgIpc) is 2.20. The van der Waals surface area contributed by atoms with Crippen molar-refractivity contribution in [3.05, 3.63) is 35.2 Å². The molecule has 1 nitrogen and oxygen atoms in total. The zero-order valence-corrected chi connectivity index (χ0v) is 8.25. The fraction of sp³-hybridized carbons (Fsp3) is 0.111. The fourth-order valence-corrected chi connectivity index (χ4v) is 1.22. The smallest absolute Gasteiger partial charge is 0.293 e. The van der Waals surface area contributed by atoms with Gasteiger partial charge in [-0.15, -0.1) is 12.4 Å². The lowest BCUT2D eigenvalue weighted by molar-refractivity contribution is 0.0734. The third-order valence-electron chi connectivity index (χ3n) is 1.92. The Balaban J connectivity index is 0.00000128. The number of hydrogen-bond donors (Lipinski definition) is 0. The Morgan fingerprint density at radius 2 is 1.69 bits per heavy atom. The van der Waals surface area contributed by atoms with E-state index in [-0.39, 0.29) is 12.4 Å². The summed E-state index contributed by atoms with van der Waals surface area (Å²) in [5.74, 6) is -7.21. The van der Waals surface area contributed by atoms with Gasteiger partial charge in [0.05, 0.1) is 5.56 Å². The largest absolute Gasteiger partial charge is 0.453 e. The first-order chi connectivity index (χ1) is 7.02. The van der Waals surface area contributed by atoms with Crippen molar-refractivity contribution in [2.75, 3.05) is 0 Å². The van der Waals surface area contributed by atoms with Crippen LogP contribution in [0.4, 0.5) is 22.0 Å². The zero-order chi connectivity index (χ0) is 11.2. The predicted molar refractivity (Wildman–Crippen MR) is 48.3 cm³/mol. The monoisotopic (exact) mass is 258 g/mol. The molecule has 88 valence electrons. The van der Waals surface area contributed by atoms with E-state index in [1.807, 2.05) is 0 Å². The quantitative estimate of drug-likeness (QED) is 0.645. The second kappa shape index (κ2) is 4.29. The van der Waals surface area contributed by atoms with Crippen LogP contribution in [0.25, 0.3) is 5.83 Å². The molecule has 1 aliphatic rings. The van der Waals surface area contributed by atoms with Crippen molar-refractivity contribution < 1.29 is 26.7 Å². The normalized spacial score (nSPS) is 18.7. The standard InChI is InChI=1S/C9H3F5O.ClH/c10-3-1-2-4-5(6(3)11)7(12)8(13)9(14)15-4;/h1-2,9H;1H. The molecule has 0 radical (unpaired) electrons. The highest BCUT2D eigenvalue weighted by molar-refractivity contribution is 5.85. The van der Waals surface area contributed by atoms with Crippen LogP contribution >= 0.6 is 12.4 Å². The van der Waals surface area contributed by atoms with Gasteiger partial charge in [-0.25, -0.2) is 17.6 Å². The lowest BCUT2D eigenvalue weighted by atomic mass is 10.1. The Kier molecular flexibility index (Phi) is 3.42. The average molecular weight is 259 g/mol. The van der Waals surface area contributed by atoms with Crippen LogP contribution in [0.1, 0.15) is 5.56 Å². The summed E-state index contributed by atoms with van der Waals surface area (Å²) in [5, 5.41) is 0. The number of hydrogen-bond acceptors (Lipinski definition) is 1. The maximum atomic E-state index is 13.0. The van der Waals surface area contributed by atoms with Gasteiger partial charge >= 0.3 is 0 Å². The van der Waals surface area contributed by atoms with Crippen LogP contribution in [-0.2, 0) is 0 Å². The van der Waals surface area contributed by atoms with Gasteiger partial charge in [-0.05, 0) is 12.1 Å². The van der Waals surface area contributed by atoms with Crippen LogP contribution in [0, 0.1) is 11.6 Å². The second-order valence-electron chi connectivity index (χ2n) is 2.83. The summed E-state index contributed by atoms with van der Waals surface area (Å²) in [5.41, 5.74) is -1.03. The highest BCUT2D eigenvalue weighted by Gasteiger charge is 2.32. The lowest BCUT2D eigenvalue weighted by Crippen LogP contribution is -2.18. The molecule has 1 atom stereocenters. The van der Waals surface area contributed by atoms with Gasteiger partial charge in [-0.2, -0.15) is 4.39 Å². The highest BCUT2D eigenvalue weighted by Crippen LogP contribution is 2.39. The molecule has 2 rings (SSSR count). The number of benzene rings is 1. The van der Waals surface area contributed by atoms with Gasteiger partial charge in [0.15, 0.2) is 17.5 Å². The number of halogens is 6. The Labute approximate surface area is 92.9 Å². The van der Waals surface area contributed by atoms with Crippen molar-refractivity contribution in [3.8, 4) is 5.75 Å². The molecule has 0 saturated heterocycles. The van der Waals surface area contributed by atoms with E-state index in [0.717, 1.165) is 6.07 Å². The van der Waals surface area contributed by atoms with E-state index < -0.39 is 41.0 Å². The van der Waals surface area contributed by atoms with E-state index in [1.54, 1.807) is 0 Å². The molecule has 0 amide bonds. The summed E-state index contributed by atoms with van der Waals surface area (Å²) < 4.78 is 68.2. The van der Waals surface area contributed by atoms with Crippen molar-refractivity contribution in [2.45, 2.75) is 6.36 Å². The maximum Gasteiger partial charge on any atom is 0.293 e. The molecular formula is C9H4ClF5O. The molecule has 1 heterocycles. The molecule has 0 N–H and O–H groups in total. The van der Waals surface area contributed by atoms with Gasteiger partial charge in [0.1, 0.15) is 5.75 Å². The Morgan fingerprint density at radius 3 is 2.31 bits per heavy atom. The number of fused-ring (bicyclic) bond motifs is 1. The van der Waals surface area contributed by atoms with Crippen molar-refractivity contribution >= 4 is 18.2 Å². The molecule has 0 aromatic heterocycles. The summed E-state index contributed by atoms with van der Waals surface area (Å²) in [6, 6.07) is 1.46. The molecular weight excluding hydrogens is 255 g/mol. The Morgan fingerprint density at radius 1 is 1.06 bits per heavy atom. The molecule has 0 bridgehead atoms. The van der Waals surface area contributed by atoms with Gasteiger partial charge in [0.25, 0.3) is 6.36 Å². The van der Waals surface area contributed by atoms with E-state index in [9.17, 15) is 22.0 Å². The van der Waals surface area contributed by atoms with Gasteiger partial charge in [0.2, 0.25) is 5.83 Å². The second-order valence-corrected chi connectivity index (χ2v) is 2.83. The van der Waals surface area contributed by atoms with Crippen molar-refractivity contribution in [1.29, 1.82) is 0 Å². The maximum absolute atomic E-state index is 13.0. The highest BCUT2D eigenvalue weighted by atomic mass is 35.5. The summed E-state index contributed by atoms with van der Waals surface area (Å²) in [4.78, 5) is 0. The molecule has 1 aliphatic heterocycles. The SMILES string of the molecule is Cl.FC1=C(F)C(F)Oc2ccc(F)c(F)c21. The van der Waals surface area contributed by atoms with Crippen molar-refractivity contribution in [3.63, 3.8) is 0 Å². The van der Waals surface area contributed by atoms with Crippen LogP contribution in [0.5, 0.6) is 5.75 Å². The molecule has 0 fully saturated rings. The minimum atomic E-state index is -2.62. The minimum absolute atomic E-state index is 0. The first-order valence-corrected chi connectivity index (χ1v) is 3.86. The van der Waals surface area contributed by atoms with Crippen molar-refractivity contribution in [2.24, 2.45) is 0 Å². The molecule has 16 heavy (non-hydrogen) atoms. The van der Waals surface area contributed by atoms with Gasteiger partial charge in [-0.1, -0.05) is 0 Å². The number of alkyl halides is 1. The predicted octanol–water partition coefficient (Wildman–Crippen LogP) is 3.68. The van der Waals surface area contributed by atoms with Gasteiger partial charge in [0, 0.05) is 0 Å². The Bertz CT molecular complexity index is 459. The number of rotatable bonds is 0. The first kappa shape index (κ1) is 12.8. The van der Waals surface area contributed by atoms with Crippen LogP contribution in [0.15, 0.2) is 18.0 Å². The lowest BCUT2D eigenvalue weighted by Gasteiger charge is -2.19. The molecule has 0 saturated carbocycles. The summed E-state index contributed by atoms with van der Waals surface area (Å²) in [6.07, 6.45) is -2.62. The van der Waals surface area contributed by atoms with Crippen LogP contribution in [-0.4, -0.2) is 6.36 Å². The van der Waals surface area contributed by atoms with Crippen molar-refractivity contribution in [1.82, 2.24) is 0 Å². The van der Waals surface area contributed by atoms with E-state index in [1.165, 1.54) is 0 Å². The topological polar surface area (TPSA) is 9.23 Å². The van der Waals surface area contributed by atoms with Crippen LogP contribution < -0.4 is 4.74 Å². The summed E-state index contributed by atoms with van der Waals surface area (Å²) in [7, 11) is 0. The van der Waals surface area contributed by atoms with Gasteiger partial charge in [-0.3, -0.25) is 0 Å². The molecule has 1 aromatic rings. The molecule has 7 heteroatoms. The van der Waals surface area contributed by atoms with E-state index in [4.69, 9.17) is 0 Å². The number of ether oxygens (including phenoxy) is 1. The summed E-state index contributed by atoms with van der Waals surface area (Å²) >= 11 is 0. The third-order valence-corrected chi connectivity index (χ3v) is 1.92. The summed E-state index contributed by atoms with van der Waals surface area (Å²) in [6.45, 7) is 0. The Hall–Kier alpha value is -1.30. The first-order valence-electron chi connectivity index (χ1n) is 3.86. The van der Waals surface area contributed by atoms with Crippen LogP contribution in [0.2, 0.25) is 0 Å². The molecule has 1 unspecified atom stereocenters. The molecule has 0 aliphatic carbocycles. The molecule has 0 spiro atoms. The van der Waals surface area contributed by atoms with Gasteiger partial charge < -0.3 is 4.74 Å². The van der Waals surface area contributed by atoms with E-state index in [2.05, 4.69) is 4.74 Å². The fourth-order valence-electron chi connectivity index (χ4n) is 1.22. The molecule has 1 aromatic carbocycles. The zero-order valence-electron chi connectivity index (χ0n) is 7.44.